The predicted molar refractivity (Wildman–Crippen MR) is 203 cm³/mol. The van der Waals surface area contributed by atoms with Crippen molar-refractivity contribution in [2.45, 2.75) is 63.9 Å². The summed E-state index contributed by atoms with van der Waals surface area (Å²) in [6.45, 7) is 7.38. The molecule has 4 N–H and O–H groups in total. The summed E-state index contributed by atoms with van der Waals surface area (Å²) in [6.07, 6.45) is 0.861. The first-order valence-electron chi connectivity index (χ1n) is 18.7. The first kappa shape index (κ1) is 34.0. The second kappa shape index (κ2) is 12.2. The van der Waals surface area contributed by atoms with Crippen LogP contribution in [0.25, 0.3) is 44.9 Å². The molecular weight excluding hydrogens is 716 g/mol. The van der Waals surface area contributed by atoms with E-state index in [4.69, 9.17) is 28.3 Å². The van der Waals surface area contributed by atoms with E-state index >= 15 is 0 Å². The molecule has 5 atom stereocenters. The number of nitrogens with one attached hydrogen (secondary N) is 4. The van der Waals surface area contributed by atoms with Crippen LogP contribution in [0.1, 0.15) is 62.1 Å². The zero-order chi connectivity index (χ0) is 38.6. The maximum absolute atomic E-state index is 14.4. The maximum Gasteiger partial charge on any atom is 0.508 e. The summed E-state index contributed by atoms with van der Waals surface area (Å²) in [6, 6.07) is 16.3. The number of ether oxygens (including phenoxy) is 3. The highest BCUT2D eigenvalue weighted by molar-refractivity contribution is 6.07. The predicted octanol–water partition coefficient (Wildman–Crippen LogP) is 6.60. The van der Waals surface area contributed by atoms with E-state index < -0.39 is 53.7 Å². The molecule has 56 heavy (non-hydrogen) atoms. The van der Waals surface area contributed by atoms with Gasteiger partial charge in [-0.05, 0) is 35.1 Å². The lowest BCUT2D eigenvalue weighted by Gasteiger charge is -2.29. The number of H-pyrrole nitrogens is 1. The molecule has 10 bridgehead atoms. The molecule has 6 aromatic rings. The van der Waals surface area contributed by atoms with Crippen molar-refractivity contribution < 1.29 is 37.4 Å². The van der Waals surface area contributed by atoms with Crippen LogP contribution in [0.15, 0.2) is 75.8 Å². The summed E-state index contributed by atoms with van der Waals surface area (Å²) in [5, 5.41) is 10.7. The zero-order valence-electron chi connectivity index (χ0n) is 31.2. The minimum atomic E-state index is -1.21. The van der Waals surface area contributed by atoms with Gasteiger partial charge in [0.15, 0.2) is 29.5 Å². The lowest BCUT2D eigenvalue weighted by Crippen LogP contribution is -2.53. The van der Waals surface area contributed by atoms with Crippen molar-refractivity contribution >= 4 is 34.6 Å². The number of para-hydroxylation sites is 1. The maximum atomic E-state index is 14.4. The molecule has 284 valence electrons. The number of methoxy groups -OCH3 is 1. The third-order valence-electron chi connectivity index (χ3n) is 11.4. The van der Waals surface area contributed by atoms with Gasteiger partial charge < -0.3 is 44.0 Å². The number of carbonyl (C=O) groups excluding carboxylic acids is 3. The second-order valence-electron chi connectivity index (χ2n) is 15.4. The largest absolute Gasteiger partial charge is 0.508 e. The van der Waals surface area contributed by atoms with Crippen LogP contribution >= 0.6 is 0 Å². The van der Waals surface area contributed by atoms with Crippen molar-refractivity contribution in [3.05, 3.63) is 95.3 Å². The molecule has 10 rings (SSSR count). The van der Waals surface area contributed by atoms with Gasteiger partial charge in [-0.2, -0.15) is 0 Å². The van der Waals surface area contributed by atoms with Crippen LogP contribution < -0.4 is 20.7 Å². The average molecular weight is 755 g/mol. The van der Waals surface area contributed by atoms with E-state index in [2.05, 4.69) is 43.9 Å². The molecule has 3 aromatic carbocycles. The van der Waals surface area contributed by atoms with E-state index in [-0.39, 0.29) is 24.1 Å². The Morgan fingerprint density at radius 2 is 1.80 bits per heavy atom. The highest BCUT2D eigenvalue weighted by Crippen LogP contribution is 2.61. The Kier molecular flexibility index (Phi) is 7.41. The topological polar surface area (TPSA) is 183 Å². The van der Waals surface area contributed by atoms with E-state index in [9.17, 15) is 14.4 Å². The van der Waals surface area contributed by atoms with E-state index in [1.807, 2.05) is 56.4 Å². The summed E-state index contributed by atoms with van der Waals surface area (Å²) < 4.78 is 30.4. The Bertz CT molecular complexity index is 2620. The molecule has 3 aromatic heterocycles. The van der Waals surface area contributed by atoms with E-state index in [0.29, 0.717) is 23.0 Å². The molecule has 0 aliphatic carbocycles. The van der Waals surface area contributed by atoms with Gasteiger partial charge in [0.25, 0.3) is 5.91 Å². The summed E-state index contributed by atoms with van der Waals surface area (Å²) in [5.74, 6) is 0.395. The number of fused-ring (bicyclic) bond motifs is 7. The molecule has 7 heterocycles. The van der Waals surface area contributed by atoms with Gasteiger partial charge in [0.05, 0.1) is 13.3 Å². The number of aromatic amines is 1. The average Bonchev–Trinajstić information content (AvgIpc) is 4.01. The number of anilines is 1. The van der Waals surface area contributed by atoms with Gasteiger partial charge in [0, 0.05) is 51.5 Å². The van der Waals surface area contributed by atoms with E-state index in [1.54, 1.807) is 20.0 Å². The van der Waals surface area contributed by atoms with Gasteiger partial charge in [0.2, 0.25) is 17.7 Å². The molecule has 14 heteroatoms. The number of nitrogens with zero attached hydrogens (tertiary/aromatic N) is 2. The van der Waals surface area contributed by atoms with Gasteiger partial charge in [-0.3, -0.25) is 9.59 Å². The van der Waals surface area contributed by atoms with Crippen molar-refractivity contribution in [2.75, 3.05) is 12.4 Å². The molecule has 0 saturated carbocycles. The normalized spacial score (nSPS) is 21.6. The number of rotatable bonds is 5. The fourth-order valence-electron chi connectivity index (χ4n) is 8.76. The van der Waals surface area contributed by atoms with Crippen LogP contribution in [0.3, 0.4) is 0 Å². The number of oxazole rings is 2. The van der Waals surface area contributed by atoms with Crippen LogP contribution in [0.5, 0.6) is 5.75 Å². The number of hydrogen-bond donors (Lipinski definition) is 4. The molecule has 1 unspecified atom stereocenters. The molecule has 0 saturated heterocycles. The lowest BCUT2D eigenvalue weighted by molar-refractivity contribution is -0.137. The van der Waals surface area contributed by atoms with Crippen LogP contribution in [0.4, 0.5) is 10.5 Å². The van der Waals surface area contributed by atoms with Crippen molar-refractivity contribution in [3.63, 3.8) is 0 Å². The van der Waals surface area contributed by atoms with E-state index in [0.717, 1.165) is 50.0 Å². The Hall–Kier alpha value is -6.57. The second-order valence-corrected chi connectivity index (χ2v) is 15.4. The van der Waals surface area contributed by atoms with Crippen molar-refractivity contribution in [1.82, 2.24) is 25.6 Å². The van der Waals surface area contributed by atoms with E-state index in [1.165, 1.54) is 7.11 Å². The summed E-state index contributed by atoms with van der Waals surface area (Å²) in [7, 11) is 1.17. The fourth-order valence-corrected chi connectivity index (χ4v) is 8.76. The first-order valence-corrected chi connectivity index (χ1v) is 18.7. The molecule has 1 spiro atoms. The van der Waals surface area contributed by atoms with Crippen LogP contribution in [0, 0.1) is 11.8 Å². The third kappa shape index (κ3) is 4.77. The summed E-state index contributed by atoms with van der Waals surface area (Å²) in [4.78, 5) is 53.6. The van der Waals surface area contributed by atoms with Gasteiger partial charge in [-0.15, -0.1) is 0 Å². The third-order valence-corrected chi connectivity index (χ3v) is 11.4. The van der Waals surface area contributed by atoms with Gasteiger partial charge in [-0.25, -0.2) is 14.8 Å². The number of hydrogen-bond acceptors (Lipinski definition) is 11. The molecule has 0 radical (unpaired) electrons. The Labute approximate surface area is 320 Å². The fraction of sp³-hybridized carbons (Fsp3) is 0.310. The number of aromatic nitrogens is 3. The highest BCUT2D eigenvalue weighted by Gasteiger charge is 2.61. The summed E-state index contributed by atoms with van der Waals surface area (Å²) >= 11 is 0. The van der Waals surface area contributed by atoms with Crippen LogP contribution in [-0.2, 0) is 30.9 Å². The Morgan fingerprint density at radius 3 is 2.61 bits per heavy atom. The number of carbonyl (C=O) groups is 3. The highest BCUT2D eigenvalue weighted by atomic mass is 16.7. The van der Waals surface area contributed by atoms with Crippen LogP contribution in [-0.4, -0.2) is 58.4 Å². The van der Waals surface area contributed by atoms with Crippen molar-refractivity contribution in [1.29, 1.82) is 0 Å². The molecule has 2 amide bonds. The van der Waals surface area contributed by atoms with Crippen molar-refractivity contribution in [3.8, 4) is 39.8 Å². The standard InChI is InChI=1S/C42H38N6O8/c1-18(2)31-39-47-33-35(56-39)42-24-10-6-9-22(21-8-7-11-26-30(21)23(16-43-26)29-17-44-38(33)53-29)32(24)48-40(42)54-28-13-12-20(14-25(28)42)15-27(36(49)46-31)45-37(50)34(19(3)4)55-41(51)52-5/h6-14,16-19,27,31,34,40,43,48H,15H2,1-5H3,(H,45,50)(H,46,49)/t27-,31-,34-,40?,42-/m0/s1. The zero-order valence-corrected chi connectivity index (χ0v) is 31.2. The monoisotopic (exact) mass is 754 g/mol. The van der Waals surface area contributed by atoms with Gasteiger partial charge >= 0.3 is 6.16 Å². The quantitative estimate of drug-likeness (QED) is 0.139. The molecule has 4 aliphatic heterocycles. The molecule has 0 fully saturated rings. The van der Waals surface area contributed by atoms with Crippen molar-refractivity contribution in [2.24, 2.45) is 11.8 Å². The first-order chi connectivity index (χ1) is 27.1. The lowest BCUT2D eigenvalue weighted by atomic mass is 9.72. The number of benzene rings is 3. The molecule has 4 aliphatic rings. The van der Waals surface area contributed by atoms with Gasteiger partial charge in [0.1, 0.15) is 23.2 Å². The molecular formula is C42H38N6O8. The van der Waals surface area contributed by atoms with Gasteiger partial charge in [-0.1, -0.05) is 70.2 Å². The minimum Gasteiger partial charge on any atom is -0.469 e. The Balaban J connectivity index is 1.22. The van der Waals surface area contributed by atoms with Crippen LogP contribution in [0.2, 0.25) is 0 Å². The smallest absolute Gasteiger partial charge is 0.469 e. The SMILES string of the molecule is COC(=O)O[C@H](C(=O)N[C@H]1Cc2ccc3c(c2)[C@]24c5cccc(c5NC2O3)-c2cccc3[nH]cc(c23)-c2cnc(o2)-c2nc(oc24)[C@H](C(C)C)NC1=O)C(C)C. The summed E-state index contributed by atoms with van der Waals surface area (Å²) in [5.41, 5.74) is 6.37. The minimum absolute atomic E-state index is 0.111. The Morgan fingerprint density at radius 1 is 0.982 bits per heavy atom. The molecule has 14 nitrogen and oxygen atoms in total. The number of amides is 2.